The molecule has 0 aliphatic heterocycles. The molecule has 0 unspecified atom stereocenters. The Morgan fingerprint density at radius 2 is 1.88 bits per heavy atom. The second-order valence-electron chi connectivity index (χ2n) is 6.08. The van der Waals surface area contributed by atoms with Crippen molar-refractivity contribution >= 4 is 14.3 Å². The van der Waals surface area contributed by atoms with Crippen molar-refractivity contribution in [1.29, 1.82) is 0 Å². The smallest absolute Gasteiger partial charge is 0.309 e. The van der Waals surface area contributed by atoms with E-state index >= 15 is 0 Å². The molecule has 0 radical (unpaired) electrons. The third kappa shape index (κ3) is 3.07. The maximum absolute atomic E-state index is 11.7. The van der Waals surface area contributed by atoms with Crippen LogP contribution >= 0.6 is 0 Å². The Labute approximate surface area is 99.6 Å². The highest BCUT2D eigenvalue weighted by Gasteiger charge is 2.62. The summed E-state index contributed by atoms with van der Waals surface area (Å²) in [6.45, 7) is 13.8. The minimum atomic E-state index is -1.48. The van der Waals surface area contributed by atoms with Gasteiger partial charge in [0.2, 0.25) is 0 Å². The number of hydrogen-bond donors (Lipinski definition) is 0. The third-order valence-corrected chi connectivity index (χ3v) is 4.32. The van der Waals surface area contributed by atoms with Gasteiger partial charge in [-0.25, -0.2) is 0 Å². The van der Waals surface area contributed by atoms with Crippen LogP contribution in [0.2, 0.25) is 19.6 Å². The molecule has 0 bridgehead atoms. The van der Waals surface area contributed by atoms with Crippen LogP contribution in [0.25, 0.3) is 0 Å². The van der Waals surface area contributed by atoms with Crippen molar-refractivity contribution in [2.45, 2.75) is 40.4 Å². The summed E-state index contributed by atoms with van der Waals surface area (Å²) in [5.74, 6) is 0.304. The van der Waals surface area contributed by atoms with Crippen molar-refractivity contribution in [1.82, 2.24) is 0 Å². The van der Waals surface area contributed by atoms with Crippen LogP contribution in [0.1, 0.15) is 20.8 Å². The molecule has 0 heterocycles. The molecule has 0 aromatic rings. The van der Waals surface area contributed by atoms with Gasteiger partial charge >= 0.3 is 5.97 Å². The van der Waals surface area contributed by atoms with Crippen LogP contribution in [0.4, 0.5) is 0 Å². The number of esters is 1. The van der Waals surface area contributed by atoms with Crippen LogP contribution in [0.15, 0.2) is 0 Å². The van der Waals surface area contributed by atoms with Crippen LogP contribution in [0.3, 0.4) is 0 Å². The standard InChI is InChI=1S/C12H24O3Si/c1-7-14-11(13)10-9(12(10,2)3)8-15-16(4,5)6/h9-10H,7-8H2,1-6H3/t9-,10-/m0/s1. The Balaban J connectivity index is 2.48. The Morgan fingerprint density at radius 1 is 1.31 bits per heavy atom. The van der Waals surface area contributed by atoms with E-state index in [1.807, 2.05) is 6.92 Å². The van der Waals surface area contributed by atoms with Gasteiger partial charge in [0.1, 0.15) is 0 Å². The molecular weight excluding hydrogens is 220 g/mol. The number of ether oxygens (including phenoxy) is 1. The lowest BCUT2D eigenvalue weighted by Gasteiger charge is -2.17. The quantitative estimate of drug-likeness (QED) is 0.551. The van der Waals surface area contributed by atoms with E-state index in [0.717, 1.165) is 0 Å². The molecule has 1 aliphatic carbocycles. The fraction of sp³-hybridized carbons (Fsp3) is 0.917. The second-order valence-corrected chi connectivity index (χ2v) is 10.6. The Kier molecular flexibility index (Phi) is 3.85. The van der Waals surface area contributed by atoms with Crippen molar-refractivity contribution in [3.63, 3.8) is 0 Å². The zero-order valence-electron chi connectivity index (χ0n) is 11.3. The lowest BCUT2D eigenvalue weighted by Crippen LogP contribution is -2.27. The monoisotopic (exact) mass is 244 g/mol. The molecule has 0 aromatic carbocycles. The highest BCUT2D eigenvalue weighted by atomic mass is 28.4. The van der Waals surface area contributed by atoms with E-state index in [0.29, 0.717) is 19.1 Å². The minimum Gasteiger partial charge on any atom is -0.466 e. The highest BCUT2D eigenvalue weighted by Crippen LogP contribution is 2.58. The molecular formula is C12H24O3Si. The van der Waals surface area contributed by atoms with E-state index in [2.05, 4.69) is 33.5 Å². The van der Waals surface area contributed by atoms with Gasteiger partial charge in [0, 0.05) is 12.5 Å². The number of carbonyl (C=O) groups is 1. The predicted molar refractivity (Wildman–Crippen MR) is 66.7 cm³/mol. The van der Waals surface area contributed by atoms with E-state index in [1.54, 1.807) is 0 Å². The van der Waals surface area contributed by atoms with E-state index in [1.165, 1.54) is 0 Å². The lowest BCUT2D eigenvalue weighted by atomic mass is 10.1. The Bertz CT molecular complexity index is 268. The summed E-state index contributed by atoms with van der Waals surface area (Å²) in [6.07, 6.45) is 0. The zero-order valence-corrected chi connectivity index (χ0v) is 12.3. The van der Waals surface area contributed by atoms with Gasteiger partial charge in [0.15, 0.2) is 8.32 Å². The van der Waals surface area contributed by atoms with Gasteiger partial charge in [0.05, 0.1) is 12.5 Å². The molecule has 2 atom stereocenters. The van der Waals surface area contributed by atoms with Gasteiger partial charge in [-0.05, 0) is 32.0 Å². The Hall–Kier alpha value is -0.353. The van der Waals surface area contributed by atoms with Gasteiger partial charge in [-0.15, -0.1) is 0 Å². The minimum absolute atomic E-state index is 0.0313. The summed E-state index contributed by atoms with van der Waals surface area (Å²) in [7, 11) is -1.48. The van der Waals surface area contributed by atoms with Crippen molar-refractivity contribution in [2.24, 2.45) is 17.3 Å². The summed E-state index contributed by atoms with van der Waals surface area (Å²) < 4.78 is 11.0. The topological polar surface area (TPSA) is 35.5 Å². The SMILES string of the molecule is CCOC(=O)[C@@H]1[C@H](CO[Si](C)(C)C)C1(C)C. The van der Waals surface area contributed by atoms with Crippen LogP contribution in [0.5, 0.6) is 0 Å². The maximum Gasteiger partial charge on any atom is 0.309 e. The predicted octanol–water partition coefficient (Wildman–Crippen LogP) is 2.67. The highest BCUT2D eigenvalue weighted by molar-refractivity contribution is 6.69. The summed E-state index contributed by atoms with van der Waals surface area (Å²) in [6, 6.07) is 0. The van der Waals surface area contributed by atoms with Crippen LogP contribution in [0, 0.1) is 17.3 Å². The van der Waals surface area contributed by atoms with E-state index < -0.39 is 8.32 Å². The average Bonchev–Trinajstić information content (AvgIpc) is 2.64. The molecule has 4 heteroatoms. The van der Waals surface area contributed by atoms with E-state index in [-0.39, 0.29) is 17.3 Å². The fourth-order valence-corrected chi connectivity index (χ4v) is 2.77. The summed E-state index contributed by atoms with van der Waals surface area (Å²) >= 11 is 0. The largest absolute Gasteiger partial charge is 0.466 e. The first kappa shape index (κ1) is 13.7. The molecule has 0 spiro atoms. The van der Waals surface area contributed by atoms with Gasteiger partial charge in [0.25, 0.3) is 0 Å². The van der Waals surface area contributed by atoms with Gasteiger partial charge < -0.3 is 9.16 Å². The first-order valence-corrected chi connectivity index (χ1v) is 9.41. The zero-order chi connectivity index (χ0) is 12.6. The molecule has 0 aromatic heterocycles. The van der Waals surface area contributed by atoms with E-state index in [9.17, 15) is 4.79 Å². The summed E-state index contributed by atoms with van der Waals surface area (Å²) in [5, 5.41) is 0. The van der Waals surface area contributed by atoms with E-state index in [4.69, 9.17) is 9.16 Å². The van der Waals surface area contributed by atoms with Gasteiger partial charge in [-0.1, -0.05) is 13.8 Å². The number of rotatable bonds is 5. The molecule has 16 heavy (non-hydrogen) atoms. The molecule has 1 fully saturated rings. The van der Waals surface area contributed by atoms with Crippen molar-refractivity contribution < 1.29 is 14.0 Å². The molecule has 1 aliphatic rings. The first-order chi connectivity index (χ1) is 7.20. The summed E-state index contributed by atoms with van der Waals surface area (Å²) in [4.78, 5) is 11.7. The van der Waals surface area contributed by atoms with Crippen LogP contribution in [-0.4, -0.2) is 27.5 Å². The van der Waals surface area contributed by atoms with Crippen molar-refractivity contribution in [2.75, 3.05) is 13.2 Å². The van der Waals surface area contributed by atoms with Crippen molar-refractivity contribution in [3.8, 4) is 0 Å². The fourth-order valence-electron chi connectivity index (χ4n) is 2.09. The first-order valence-electron chi connectivity index (χ1n) is 6.00. The second kappa shape index (κ2) is 4.49. The van der Waals surface area contributed by atoms with Crippen LogP contribution < -0.4 is 0 Å². The normalized spacial score (nSPS) is 27.6. The molecule has 0 saturated heterocycles. The molecule has 1 rings (SSSR count). The molecule has 3 nitrogen and oxygen atoms in total. The number of hydrogen-bond acceptors (Lipinski definition) is 3. The summed E-state index contributed by atoms with van der Waals surface area (Å²) in [5.41, 5.74) is 0.0475. The van der Waals surface area contributed by atoms with Crippen LogP contribution in [-0.2, 0) is 14.0 Å². The average molecular weight is 244 g/mol. The van der Waals surface area contributed by atoms with Gasteiger partial charge in [-0.3, -0.25) is 4.79 Å². The van der Waals surface area contributed by atoms with Gasteiger partial charge in [-0.2, -0.15) is 0 Å². The molecule has 0 amide bonds. The molecule has 0 N–H and O–H groups in total. The maximum atomic E-state index is 11.7. The van der Waals surface area contributed by atoms with Crippen molar-refractivity contribution in [3.05, 3.63) is 0 Å². The lowest BCUT2D eigenvalue weighted by molar-refractivity contribution is -0.145. The number of carbonyl (C=O) groups excluding carboxylic acids is 1. The third-order valence-electron chi connectivity index (χ3n) is 3.29. The Morgan fingerprint density at radius 3 is 2.31 bits per heavy atom. The molecule has 94 valence electrons. The molecule has 1 saturated carbocycles.